The molecule has 0 aromatic rings. The first-order chi connectivity index (χ1) is 6.38. The Labute approximate surface area is 86.0 Å². The molecule has 1 saturated heterocycles. The zero-order valence-corrected chi connectivity index (χ0v) is 9.68. The maximum Gasteiger partial charge on any atom is 0.150 e. The monoisotopic (exact) mass is 217 g/mol. The Morgan fingerprint density at radius 1 is 1.43 bits per heavy atom. The summed E-state index contributed by atoms with van der Waals surface area (Å²) >= 11 is 0. The second-order valence-corrected chi connectivity index (χ2v) is 7.58. The first kappa shape index (κ1) is 10.4. The molecule has 0 aromatic carbocycles. The van der Waals surface area contributed by atoms with Gasteiger partial charge in [0.2, 0.25) is 0 Å². The Hall–Kier alpha value is -0.0900. The van der Waals surface area contributed by atoms with Crippen molar-refractivity contribution in [3.8, 4) is 0 Å². The SMILES string of the molecule is CC1(C)[C@H](CN)[C@H]1C1CCS(=O)(=O)C1. The molecule has 2 rings (SSSR count). The van der Waals surface area contributed by atoms with Crippen molar-refractivity contribution < 1.29 is 8.42 Å². The van der Waals surface area contributed by atoms with Crippen LogP contribution in [0.1, 0.15) is 20.3 Å². The summed E-state index contributed by atoms with van der Waals surface area (Å²) in [5.74, 6) is 2.26. The van der Waals surface area contributed by atoms with E-state index in [0.29, 0.717) is 35.8 Å². The van der Waals surface area contributed by atoms with E-state index in [1.54, 1.807) is 0 Å². The highest BCUT2D eigenvalue weighted by Gasteiger charge is 2.60. The molecule has 3 atom stereocenters. The highest BCUT2D eigenvalue weighted by atomic mass is 32.2. The number of rotatable bonds is 2. The Balaban J connectivity index is 2.07. The van der Waals surface area contributed by atoms with Gasteiger partial charge >= 0.3 is 0 Å². The standard InChI is InChI=1S/C10H19NO2S/c1-10(2)8(5-11)9(10)7-3-4-14(12,13)6-7/h7-9H,3-6,11H2,1-2H3/t7?,8-,9-/m1/s1. The molecule has 0 spiro atoms. The maximum atomic E-state index is 11.3. The molecular weight excluding hydrogens is 198 g/mol. The van der Waals surface area contributed by atoms with Gasteiger partial charge in [0.1, 0.15) is 0 Å². The van der Waals surface area contributed by atoms with Gasteiger partial charge in [0.25, 0.3) is 0 Å². The fourth-order valence-electron chi connectivity index (χ4n) is 3.28. The summed E-state index contributed by atoms with van der Waals surface area (Å²) in [5, 5.41) is 0. The predicted molar refractivity (Wildman–Crippen MR) is 56.6 cm³/mol. The Morgan fingerprint density at radius 3 is 2.43 bits per heavy atom. The Bertz CT molecular complexity index is 334. The summed E-state index contributed by atoms with van der Waals surface area (Å²) < 4.78 is 22.7. The molecule has 0 amide bonds. The third-order valence-electron chi connectivity index (χ3n) is 4.17. The molecule has 0 aromatic heterocycles. The van der Waals surface area contributed by atoms with Crippen molar-refractivity contribution in [1.29, 1.82) is 0 Å². The third kappa shape index (κ3) is 1.48. The van der Waals surface area contributed by atoms with Gasteiger partial charge in [-0.3, -0.25) is 0 Å². The van der Waals surface area contributed by atoms with Crippen LogP contribution >= 0.6 is 0 Å². The summed E-state index contributed by atoms with van der Waals surface area (Å²) in [7, 11) is -2.72. The van der Waals surface area contributed by atoms with Gasteiger partial charge in [-0.1, -0.05) is 13.8 Å². The van der Waals surface area contributed by atoms with Crippen LogP contribution in [-0.4, -0.2) is 26.5 Å². The van der Waals surface area contributed by atoms with E-state index < -0.39 is 9.84 Å². The molecule has 1 unspecified atom stereocenters. The van der Waals surface area contributed by atoms with E-state index in [2.05, 4.69) is 13.8 Å². The van der Waals surface area contributed by atoms with Crippen LogP contribution in [0.25, 0.3) is 0 Å². The lowest BCUT2D eigenvalue weighted by atomic mass is 9.97. The van der Waals surface area contributed by atoms with Crippen LogP contribution in [0.2, 0.25) is 0 Å². The molecule has 0 radical (unpaired) electrons. The highest BCUT2D eigenvalue weighted by molar-refractivity contribution is 7.91. The Kier molecular flexibility index (Phi) is 2.20. The minimum atomic E-state index is -2.72. The van der Waals surface area contributed by atoms with Crippen LogP contribution in [0.3, 0.4) is 0 Å². The second kappa shape index (κ2) is 2.95. The molecule has 0 bridgehead atoms. The molecule has 4 heteroatoms. The van der Waals surface area contributed by atoms with Crippen LogP contribution in [0.5, 0.6) is 0 Å². The van der Waals surface area contributed by atoms with Crippen LogP contribution in [0.4, 0.5) is 0 Å². The number of sulfone groups is 1. The predicted octanol–water partition coefficient (Wildman–Crippen LogP) is 0.652. The first-order valence-electron chi connectivity index (χ1n) is 5.29. The largest absolute Gasteiger partial charge is 0.330 e. The number of hydrogen-bond acceptors (Lipinski definition) is 3. The molecule has 2 fully saturated rings. The van der Waals surface area contributed by atoms with Crippen molar-refractivity contribution in [3.63, 3.8) is 0 Å². The topological polar surface area (TPSA) is 60.2 Å². The zero-order valence-electron chi connectivity index (χ0n) is 8.86. The average Bonchev–Trinajstić information content (AvgIpc) is 2.41. The summed E-state index contributed by atoms with van der Waals surface area (Å²) in [6.45, 7) is 5.12. The van der Waals surface area contributed by atoms with Gasteiger partial charge in [0.05, 0.1) is 11.5 Å². The molecule has 1 heterocycles. The van der Waals surface area contributed by atoms with E-state index >= 15 is 0 Å². The molecule has 1 saturated carbocycles. The zero-order chi connectivity index (χ0) is 10.6. The maximum absolute atomic E-state index is 11.3. The molecule has 14 heavy (non-hydrogen) atoms. The quantitative estimate of drug-likeness (QED) is 0.739. The van der Waals surface area contributed by atoms with Gasteiger partial charge in [-0.25, -0.2) is 8.42 Å². The lowest BCUT2D eigenvalue weighted by molar-refractivity contribution is 0.429. The van der Waals surface area contributed by atoms with Gasteiger partial charge in [-0.2, -0.15) is 0 Å². The van der Waals surface area contributed by atoms with Crippen molar-refractivity contribution >= 4 is 9.84 Å². The van der Waals surface area contributed by atoms with E-state index in [0.717, 1.165) is 6.42 Å². The van der Waals surface area contributed by atoms with E-state index in [9.17, 15) is 8.42 Å². The third-order valence-corrected chi connectivity index (χ3v) is 5.96. The highest BCUT2D eigenvalue weighted by Crippen LogP contribution is 2.62. The smallest absolute Gasteiger partial charge is 0.150 e. The molecule has 82 valence electrons. The summed E-state index contributed by atoms with van der Waals surface area (Å²) in [5.41, 5.74) is 5.96. The van der Waals surface area contributed by atoms with Crippen molar-refractivity contribution in [3.05, 3.63) is 0 Å². The average molecular weight is 217 g/mol. The lowest BCUT2D eigenvalue weighted by Gasteiger charge is -2.08. The Morgan fingerprint density at radius 2 is 2.07 bits per heavy atom. The van der Waals surface area contributed by atoms with Gasteiger partial charge < -0.3 is 5.73 Å². The fraction of sp³-hybridized carbons (Fsp3) is 1.00. The van der Waals surface area contributed by atoms with E-state index in [4.69, 9.17) is 5.73 Å². The number of hydrogen-bond donors (Lipinski definition) is 1. The molecule has 1 aliphatic heterocycles. The summed E-state index contributed by atoms with van der Waals surface area (Å²) in [6.07, 6.45) is 0.854. The van der Waals surface area contributed by atoms with Gasteiger partial charge in [0.15, 0.2) is 9.84 Å². The molecule has 3 nitrogen and oxygen atoms in total. The summed E-state index contributed by atoms with van der Waals surface area (Å²) in [6, 6.07) is 0. The normalized spacial score (nSPS) is 43.8. The molecule has 1 aliphatic carbocycles. The van der Waals surface area contributed by atoms with Crippen molar-refractivity contribution in [2.45, 2.75) is 20.3 Å². The second-order valence-electron chi connectivity index (χ2n) is 5.35. The first-order valence-corrected chi connectivity index (χ1v) is 7.11. The van der Waals surface area contributed by atoms with E-state index in [1.165, 1.54) is 0 Å². The summed E-state index contributed by atoms with van der Waals surface area (Å²) in [4.78, 5) is 0. The molecule has 2 aliphatic rings. The minimum Gasteiger partial charge on any atom is -0.330 e. The van der Waals surface area contributed by atoms with Crippen molar-refractivity contribution in [1.82, 2.24) is 0 Å². The molecular formula is C10H19NO2S. The van der Waals surface area contributed by atoms with E-state index in [1.807, 2.05) is 0 Å². The van der Waals surface area contributed by atoms with Crippen LogP contribution in [0.15, 0.2) is 0 Å². The van der Waals surface area contributed by atoms with Crippen LogP contribution in [-0.2, 0) is 9.84 Å². The van der Waals surface area contributed by atoms with Crippen LogP contribution in [0, 0.1) is 23.2 Å². The van der Waals surface area contributed by atoms with Gasteiger partial charge in [-0.05, 0) is 36.1 Å². The minimum absolute atomic E-state index is 0.277. The van der Waals surface area contributed by atoms with Crippen molar-refractivity contribution in [2.24, 2.45) is 28.9 Å². The number of nitrogens with two attached hydrogens (primary N) is 1. The van der Waals surface area contributed by atoms with Crippen molar-refractivity contribution in [2.75, 3.05) is 18.1 Å². The fourth-order valence-corrected chi connectivity index (χ4v) is 5.13. The van der Waals surface area contributed by atoms with Gasteiger partial charge in [0, 0.05) is 0 Å². The van der Waals surface area contributed by atoms with Crippen LogP contribution < -0.4 is 5.73 Å². The van der Waals surface area contributed by atoms with Gasteiger partial charge in [-0.15, -0.1) is 0 Å². The molecule has 2 N–H and O–H groups in total. The van der Waals surface area contributed by atoms with E-state index in [-0.39, 0.29) is 5.41 Å². The lowest BCUT2D eigenvalue weighted by Crippen LogP contribution is -2.11.